The summed E-state index contributed by atoms with van der Waals surface area (Å²) in [5.74, 6) is 0.640. The molecule has 2 unspecified atom stereocenters. The first-order chi connectivity index (χ1) is 29.0. The number of phenols is 2. The molecule has 15 heteroatoms. The maximum absolute atomic E-state index is 14.8. The van der Waals surface area contributed by atoms with Crippen LogP contribution in [0.2, 0.25) is 0 Å². The van der Waals surface area contributed by atoms with Crippen molar-refractivity contribution in [1.82, 2.24) is 15.5 Å². The molecule has 4 bridgehead atoms. The Kier molecular flexibility index (Phi) is 9.44. The third-order valence-electron chi connectivity index (χ3n) is 12.9. The van der Waals surface area contributed by atoms with E-state index >= 15 is 0 Å². The molecule has 7 heterocycles. The van der Waals surface area contributed by atoms with Crippen LogP contribution >= 0.6 is 11.8 Å². The monoisotopic (exact) mass is 835 g/mol. The number of ether oxygens (including phenoxy) is 6. The summed E-state index contributed by atoms with van der Waals surface area (Å²) in [6, 6.07) is 12.3. The largest absolute Gasteiger partial charge is 0.504 e. The molecule has 0 amide bonds. The number of hydrogen-bond donors (Lipinski definition) is 5. The van der Waals surface area contributed by atoms with Gasteiger partial charge in [-0.05, 0) is 72.7 Å². The molecule has 0 aliphatic carbocycles. The van der Waals surface area contributed by atoms with Crippen LogP contribution in [0.4, 0.5) is 0 Å². The van der Waals surface area contributed by atoms with Crippen molar-refractivity contribution in [2.45, 2.75) is 67.9 Å². The molecule has 312 valence electrons. The summed E-state index contributed by atoms with van der Waals surface area (Å²) in [7, 11) is 2.99. The molecule has 0 saturated carbocycles. The normalized spacial score (nSPS) is 27.4. The lowest BCUT2D eigenvalue weighted by Gasteiger charge is -2.59. The summed E-state index contributed by atoms with van der Waals surface area (Å²) in [5.41, 5.74) is 4.91. The van der Waals surface area contributed by atoms with Crippen LogP contribution in [0.3, 0.4) is 0 Å². The number of benzene rings is 4. The van der Waals surface area contributed by atoms with Crippen molar-refractivity contribution in [3.63, 3.8) is 0 Å². The van der Waals surface area contributed by atoms with Crippen LogP contribution < -0.4 is 34.3 Å². The number of nitrogens with zero attached hydrogens (tertiary/aromatic N) is 1. The average Bonchev–Trinajstić information content (AvgIpc) is 3.74. The number of piperazine rings is 1. The molecule has 4 aromatic rings. The molecule has 0 radical (unpaired) electrons. The SMILES string of the molecule is COc1cc2c(cc1O)CCN[C@]21CS[C@@H]2c3c(OC(=O)/C=C/c4ccccc4)c(C)c4c(c3[C@H](COC1=O)N1C2[C@@H]2NC(Cc3cc(C)c(OC)c(O)c32)[C@@H]1O)OCO4. The van der Waals surface area contributed by atoms with Crippen LogP contribution in [0.15, 0.2) is 54.6 Å². The zero-order chi connectivity index (χ0) is 41.6. The van der Waals surface area contributed by atoms with Crippen molar-refractivity contribution in [1.29, 1.82) is 0 Å². The Morgan fingerprint density at radius 1 is 0.983 bits per heavy atom. The minimum atomic E-state index is -1.39. The minimum absolute atomic E-state index is 0.00947. The topological polar surface area (TPSA) is 178 Å². The van der Waals surface area contributed by atoms with Gasteiger partial charge >= 0.3 is 11.9 Å². The Morgan fingerprint density at radius 3 is 2.57 bits per heavy atom. The fraction of sp³-hybridized carbons (Fsp3) is 0.378. The molecule has 0 aromatic heterocycles. The lowest BCUT2D eigenvalue weighted by atomic mass is 9.74. The standard InChI is InChI=1S/C45H45N3O11S/c1-21-14-25-15-27-43(52)48-28-18-56-44(53)45(26-17-30(54-3)29(49)16-24(26)12-13-46-45)19-60-42(36(48)35(47-27)32(25)37(51)38(21)55-4)34-33(28)41-40(57-20-58-41)22(2)39(34)59-31(50)11-10-23-8-6-5-7-9-23/h5-11,14,16-17,27-28,35-36,42-43,46-47,49,51-52H,12-13,15,18-20H2,1-4H3/b11-10+/t27?,28-,35+,36?,42+,43-,45+/m0/s1. The molecule has 7 atom stereocenters. The van der Waals surface area contributed by atoms with Crippen LogP contribution in [-0.4, -0.2) is 90.4 Å². The quantitative estimate of drug-likeness (QED) is 0.106. The summed E-state index contributed by atoms with van der Waals surface area (Å²) in [6.07, 6.45) is 2.94. The van der Waals surface area contributed by atoms with Crippen molar-refractivity contribution >= 4 is 29.8 Å². The van der Waals surface area contributed by atoms with E-state index in [2.05, 4.69) is 10.6 Å². The number of carbonyl (C=O) groups excluding carboxylic acids is 2. The van der Waals surface area contributed by atoms with Gasteiger partial charge in [0.25, 0.3) is 0 Å². The van der Waals surface area contributed by atoms with Crippen LogP contribution in [0, 0.1) is 13.8 Å². The number of aryl methyl sites for hydroxylation is 1. The number of nitrogens with one attached hydrogen (secondary N) is 2. The van der Waals surface area contributed by atoms with Crippen molar-refractivity contribution < 1.29 is 53.3 Å². The highest BCUT2D eigenvalue weighted by atomic mass is 32.2. The van der Waals surface area contributed by atoms with Gasteiger partial charge in [0.1, 0.15) is 18.6 Å². The number of fused-ring (bicyclic) bond motifs is 9. The smallest absolute Gasteiger partial charge is 0.336 e. The summed E-state index contributed by atoms with van der Waals surface area (Å²) >= 11 is 1.44. The molecular weight excluding hydrogens is 791 g/mol. The zero-order valence-corrected chi connectivity index (χ0v) is 34.3. The number of aliphatic hydroxyl groups is 1. The maximum Gasteiger partial charge on any atom is 0.336 e. The van der Waals surface area contributed by atoms with Gasteiger partial charge in [0.15, 0.2) is 40.0 Å². The number of thioether (sulfide) groups is 1. The lowest BCUT2D eigenvalue weighted by Crippen LogP contribution is -2.69. The second-order valence-electron chi connectivity index (χ2n) is 16.1. The van der Waals surface area contributed by atoms with Gasteiger partial charge in [-0.15, -0.1) is 11.8 Å². The van der Waals surface area contributed by atoms with E-state index in [1.54, 1.807) is 18.2 Å². The highest BCUT2D eigenvalue weighted by molar-refractivity contribution is 7.99. The fourth-order valence-electron chi connectivity index (χ4n) is 10.3. The van der Waals surface area contributed by atoms with E-state index in [0.29, 0.717) is 64.5 Å². The number of rotatable bonds is 5. The van der Waals surface area contributed by atoms with E-state index in [0.717, 1.165) is 22.3 Å². The minimum Gasteiger partial charge on any atom is -0.504 e. The maximum atomic E-state index is 14.8. The first-order valence-electron chi connectivity index (χ1n) is 20.0. The molecule has 2 fully saturated rings. The van der Waals surface area contributed by atoms with Crippen molar-refractivity contribution in [2.75, 3.05) is 39.9 Å². The highest BCUT2D eigenvalue weighted by Crippen LogP contribution is 2.63. The first kappa shape index (κ1) is 38.7. The van der Waals surface area contributed by atoms with Crippen molar-refractivity contribution in [3.05, 3.63) is 105 Å². The van der Waals surface area contributed by atoms with E-state index in [1.165, 1.54) is 32.1 Å². The van der Waals surface area contributed by atoms with Gasteiger partial charge in [0.2, 0.25) is 6.79 Å². The van der Waals surface area contributed by atoms with Crippen LogP contribution in [0.25, 0.3) is 6.08 Å². The number of methoxy groups -OCH3 is 2. The number of esters is 2. The van der Waals surface area contributed by atoms with Gasteiger partial charge < -0.3 is 49.1 Å². The molecule has 7 aliphatic heterocycles. The van der Waals surface area contributed by atoms with Gasteiger partial charge in [0.05, 0.1) is 37.6 Å². The second kappa shape index (κ2) is 14.6. The molecule has 11 rings (SSSR count). The van der Waals surface area contributed by atoms with E-state index in [-0.39, 0.29) is 42.2 Å². The Balaban J connectivity index is 1.20. The Morgan fingerprint density at radius 2 is 1.78 bits per heavy atom. The predicted molar refractivity (Wildman–Crippen MR) is 220 cm³/mol. The number of aliphatic hydroxyl groups excluding tert-OH is 1. The molecule has 60 heavy (non-hydrogen) atoms. The van der Waals surface area contributed by atoms with Crippen molar-refractivity contribution in [2.24, 2.45) is 0 Å². The van der Waals surface area contributed by atoms with Gasteiger partial charge in [-0.25, -0.2) is 9.59 Å². The number of carbonyl (C=O) groups is 2. The van der Waals surface area contributed by atoms with E-state index < -0.39 is 53.1 Å². The van der Waals surface area contributed by atoms with Crippen LogP contribution in [0.1, 0.15) is 67.4 Å². The number of phenolic OH excluding ortho intramolecular Hbond substituents is 2. The fourth-order valence-corrected chi connectivity index (χ4v) is 12.0. The molecular formula is C45H45N3O11S. The van der Waals surface area contributed by atoms with Gasteiger partial charge in [-0.3, -0.25) is 10.2 Å². The molecule has 2 saturated heterocycles. The Bertz CT molecular complexity index is 2480. The molecule has 4 aromatic carbocycles. The number of hydrogen-bond acceptors (Lipinski definition) is 15. The summed E-state index contributed by atoms with van der Waals surface area (Å²) in [6.45, 7) is 3.82. The van der Waals surface area contributed by atoms with Gasteiger partial charge in [0, 0.05) is 46.7 Å². The highest BCUT2D eigenvalue weighted by Gasteiger charge is 2.60. The molecule has 5 N–H and O–H groups in total. The van der Waals surface area contributed by atoms with E-state index in [4.69, 9.17) is 28.4 Å². The lowest BCUT2D eigenvalue weighted by molar-refractivity contribution is -0.164. The summed E-state index contributed by atoms with van der Waals surface area (Å²) in [5, 5.41) is 41.9. The predicted octanol–water partition coefficient (Wildman–Crippen LogP) is 4.76. The van der Waals surface area contributed by atoms with E-state index in [9.17, 15) is 24.9 Å². The van der Waals surface area contributed by atoms with Crippen LogP contribution in [0.5, 0.6) is 40.2 Å². The molecule has 14 nitrogen and oxygen atoms in total. The average molecular weight is 836 g/mol. The first-order valence-corrected chi connectivity index (χ1v) is 21.1. The Hall–Kier alpha value is -5.45. The van der Waals surface area contributed by atoms with Gasteiger partial charge in [-0.1, -0.05) is 36.4 Å². The third kappa shape index (κ3) is 5.77. The van der Waals surface area contributed by atoms with Crippen LogP contribution in [-0.2, 0) is 32.7 Å². The molecule has 1 spiro atoms. The van der Waals surface area contributed by atoms with E-state index in [1.807, 2.05) is 55.1 Å². The number of aromatic hydroxyl groups is 2. The third-order valence-corrected chi connectivity index (χ3v) is 14.4. The van der Waals surface area contributed by atoms with Gasteiger partial charge in [-0.2, -0.15) is 0 Å². The second-order valence-corrected chi connectivity index (χ2v) is 17.2. The summed E-state index contributed by atoms with van der Waals surface area (Å²) in [4.78, 5) is 30.7. The zero-order valence-electron chi connectivity index (χ0n) is 33.4. The Labute approximate surface area is 350 Å². The van der Waals surface area contributed by atoms with Crippen molar-refractivity contribution in [3.8, 4) is 40.2 Å². The summed E-state index contributed by atoms with van der Waals surface area (Å²) < 4.78 is 36.5. The molecule has 7 aliphatic rings.